The zero-order valence-electron chi connectivity index (χ0n) is 7.00. The van der Waals surface area contributed by atoms with E-state index >= 15 is 0 Å². The summed E-state index contributed by atoms with van der Waals surface area (Å²) >= 11 is 0. The molecule has 11 heavy (non-hydrogen) atoms. The highest BCUT2D eigenvalue weighted by atomic mass is 16.3. The van der Waals surface area contributed by atoms with Crippen LogP contribution in [0.1, 0.15) is 19.3 Å². The molecule has 1 saturated heterocycles. The molecule has 1 aliphatic heterocycles. The van der Waals surface area contributed by atoms with Crippen LogP contribution < -0.4 is 5.73 Å². The topological polar surface area (TPSA) is 49.5 Å². The van der Waals surface area contributed by atoms with Crippen LogP contribution in [0.2, 0.25) is 0 Å². The molecule has 0 aromatic rings. The maximum Gasteiger partial charge on any atom is 0.0558 e. The van der Waals surface area contributed by atoms with Gasteiger partial charge in [-0.1, -0.05) is 6.42 Å². The summed E-state index contributed by atoms with van der Waals surface area (Å²) in [5.41, 5.74) is 5.60. The lowest BCUT2D eigenvalue weighted by Crippen LogP contribution is -2.45. The SMILES string of the molecule is NCC1CCCCN1CCO. The third-order valence-electron chi connectivity index (χ3n) is 2.41. The number of nitrogens with two attached hydrogens (primary N) is 1. The summed E-state index contributed by atoms with van der Waals surface area (Å²) in [5.74, 6) is 0. The lowest BCUT2D eigenvalue weighted by atomic mass is 10.0. The van der Waals surface area contributed by atoms with E-state index in [-0.39, 0.29) is 6.61 Å². The van der Waals surface area contributed by atoms with Gasteiger partial charge in [0.05, 0.1) is 6.61 Å². The van der Waals surface area contributed by atoms with Crippen LogP contribution in [-0.4, -0.2) is 42.3 Å². The van der Waals surface area contributed by atoms with E-state index in [0.717, 1.165) is 19.6 Å². The molecule has 66 valence electrons. The van der Waals surface area contributed by atoms with Crippen molar-refractivity contribution in [1.29, 1.82) is 0 Å². The van der Waals surface area contributed by atoms with Crippen LogP contribution in [0.5, 0.6) is 0 Å². The van der Waals surface area contributed by atoms with Gasteiger partial charge in [0.25, 0.3) is 0 Å². The molecule has 0 saturated carbocycles. The molecule has 0 amide bonds. The molecule has 1 atom stereocenters. The Morgan fingerprint density at radius 2 is 2.27 bits per heavy atom. The number of β-amino-alcohol motifs (C(OH)–C–C–N with tert-alkyl or cyclic N) is 1. The fourth-order valence-electron chi connectivity index (χ4n) is 1.75. The van der Waals surface area contributed by atoms with E-state index in [4.69, 9.17) is 10.8 Å². The van der Waals surface area contributed by atoms with Crippen molar-refractivity contribution in [3.05, 3.63) is 0 Å². The predicted octanol–water partition coefficient (Wildman–Crippen LogP) is -0.208. The molecule has 0 aliphatic carbocycles. The first kappa shape index (κ1) is 8.97. The standard InChI is InChI=1S/C8H18N2O/c9-7-8-3-1-2-4-10(8)5-6-11/h8,11H,1-7,9H2. The second-order valence-electron chi connectivity index (χ2n) is 3.14. The van der Waals surface area contributed by atoms with Crippen molar-refractivity contribution in [1.82, 2.24) is 4.90 Å². The fourth-order valence-corrected chi connectivity index (χ4v) is 1.75. The highest BCUT2D eigenvalue weighted by molar-refractivity contribution is 4.76. The summed E-state index contributed by atoms with van der Waals surface area (Å²) in [4.78, 5) is 2.30. The fraction of sp³-hybridized carbons (Fsp3) is 1.00. The second-order valence-corrected chi connectivity index (χ2v) is 3.14. The lowest BCUT2D eigenvalue weighted by Gasteiger charge is -2.34. The summed E-state index contributed by atoms with van der Waals surface area (Å²) in [7, 11) is 0. The molecule has 3 N–H and O–H groups in total. The van der Waals surface area contributed by atoms with E-state index < -0.39 is 0 Å². The van der Waals surface area contributed by atoms with E-state index in [9.17, 15) is 0 Å². The summed E-state index contributed by atoms with van der Waals surface area (Å²) < 4.78 is 0. The molecule has 3 heteroatoms. The van der Waals surface area contributed by atoms with Crippen molar-refractivity contribution in [2.45, 2.75) is 25.3 Å². The Labute approximate surface area is 68.2 Å². The number of rotatable bonds is 3. The molecule has 0 radical (unpaired) electrons. The van der Waals surface area contributed by atoms with Crippen molar-refractivity contribution in [2.24, 2.45) is 5.73 Å². The van der Waals surface area contributed by atoms with Gasteiger partial charge >= 0.3 is 0 Å². The van der Waals surface area contributed by atoms with Crippen LogP contribution >= 0.6 is 0 Å². The van der Waals surface area contributed by atoms with Gasteiger partial charge in [0.15, 0.2) is 0 Å². The molecule has 1 rings (SSSR count). The molecule has 0 aromatic heterocycles. The van der Waals surface area contributed by atoms with Gasteiger partial charge in [-0.05, 0) is 19.4 Å². The Morgan fingerprint density at radius 1 is 1.45 bits per heavy atom. The first-order valence-electron chi connectivity index (χ1n) is 4.43. The van der Waals surface area contributed by atoms with Crippen LogP contribution in [0.4, 0.5) is 0 Å². The third-order valence-corrected chi connectivity index (χ3v) is 2.41. The van der Waals surface area contributed by atoms with Crippen LogP contribution in [0.25, 0.3) is 0 Å². The van der Waals surface area contributed by atoms with Gasteiger partial charge in [0, 0.05) is 19.1 Å². The zero-order valence-corrected chi connectivity index (χ0v) is 7.00. The summed E-state index contributed by atoms with van der Waals surface area (Å²) in [6.07, 6.45) is 3.76. The van der Waals surface area contributed by atoms with Gasteiger partial charge in [-0.2, -0.15) is 0 Å². The minimum absolute atomic E-state index is 0.260. The van der Waals surface area contributed by atoms with Crippen molar-refractivity contribution in [3.8, 4) is 0 Å². The van der Waals surface area contributed by atoms with Gasteiger partial charge in [0.1, 0.15) is 0 Å². The average Bonchev–Trinajstić information content (AvgIpc) is 2.06. The average molecular weight is 158 g/mol. The normalized spacial score (nSPS) is 27.3. The summed E-state index contributed by atoms with van der Waals surface area (Å²) in [6.45, 7) is 2.90. The van der Waals surface area contributed by atoms with Gasteiger partial charge in [-0.3, -0.25) is 4.90 Å². The highest BCUT2D eigenvalue weighted by Gasteiger charge is 2.19. The number of hydrogen-bond donors (Lipinski definition) is 2. The van der Waals surface area contributed by atoms with Gasteiger partial charge in [-0.25, -0.2) is 0 Å². The molecular formula is C8H18N2O. The van der Waals surface area contributed by atoms with Crippen LogP contribution in [0.3, 0.4) is 0 Å². The maximum atomic E-state index is 8.75. The number of piperidine rings is 1. The molecule has 1 aliphatic rings. The van der Waals surface area contributed by atoms with Gasteiger partial charge in [-0.15, -0.1) is 0 Å². The van der Waals surface area contributed by atoms with E-state index in [1.807, 2.05) is 0 Å². The Kier molecular flexibility index (Phi) is 3.83. The Balaban J connectivity index is 2.31. The monoisotopic (exact) mass is 158 g/mol. The molecule has 1 fully saturated rings. The molecular weight excluding hydrogens is 140 g/mol. The van der Waals surface area contributed by atoms with Crippen LogP contribution in [-0.2, 0) is 0 Å². The molecule has 1 heterocycles. The molecule has 3 nitrogen and oxygen atoms in total. The maximum absolute atomic E-state index is 8.75. The van der Waals surface area contributed by atoms with Crippen molar-refractivity contribution in [2.75, 3.05) is 26.2 Å². The summed E-state index contributed by atoms with van der Waals surface area (Å²) in [6, 6.07) is 0.524. The first-order valence-corrected chi connectivity index (χ1v) is 4.43. The molecule has 0 spiro atoms. The molecule has 1 unspecified atom stereocenters. The number of aliphatic hydroxyl groups is 1. The van der Waals surface area contributed by atoms with Gasteiger partial charge < -0.3 is 10.8 Å². The first-order chi connectivity index (χ1) is 5.38. The smallest absolute Gasteiger partial charge is 0.0558 e. The second kappa shape index (κ2) is 4.70. The third kappa shape index (κ3) is 2.43. The number of aliphatic hydroxyl groups excluding tert-OH is 1. The quantitative estimate of drug-likeness (QED) is 0.597. The van der Waals surface area contributed by atoms with Gasteiger partial charge in [0.2, 0.25) is 0 Å². The van der Waals surface area contributed by atoms with E-state index in [1.54, 1.807) is 0 Å². The van der Waals surface area contributed by atoms with E-state index in [1.165, 1.54) is 19.3 Å². The Hall–Kier alpha value is -0.120. The molecule has 0 aromatic carbocycles. The van der Waals surface area contributed by atoms with Crippen molar-refractivity contribution in [3.63, 3.8) is 0 Å². The van der Waals surface area contributed by atoms with E-state index in [0.29, 0.717) is 6.04 Å². The van der Waals surface area contributed by atoms with Crippen LogP contribution in [0, 0.1) is 0 Å². The molecule has 0 bridgehead atoms. The predicted molar refractivity (Wildman–Crippen MR) is 45.4 cm³/mol. The highest BCUT2D eigenvalue weighted by Crippen LogP contribution is 2.14. The number of likely N-dealkylation sites (tertiary alicyclic amines) is 1. The van der Waals surface area contributed by atoms with Crippen molar-refractivity contribution < 1.29 is 5.11 Å². The zero-order chi connectivity index (χ0) is 8.10. The largest absolute Gasteiger partial charge is 0.395 e. The summed E-state index contributed by atoms with van der Waals surface area (Å²) in [5, 5.41) is 8.75. The number of hydrogen-bond acceptors (Lipinski definition) is 3. The Morgan fingerprint density at radius 3 is 2.91 bits per heavy atom. The van der Waals surface area contributed by atoms with E-state index in [2.05, 4.69) is 4.90 Å². The number of nitrogens with zero attached hydrogens (tertiary/aromatic N) is 1. The van der Waals surface area contributed by atoms with Crippen LogP contribution in [0.15, 0.2) is 0 Å². The minimum Gasteiger partial charge on any atom is -0.395 e. The minimum atomic E-state index is 0.260. The Bertz CT molecular complexity index is 106. The lowest BCUT2D eigenvalue weighted by molar-refractivity contribution is 0.121. The van der Waals surface area contributed by atoms with Crippen molar-refractivity contribution >= 4 is 0 Å².